The van der Waals surface area contributed by atoms with Crippen LogP contribution in [0.5, 0.6) is 0 Å². The number of aryl methyl sites for hydroxylation is 1. The van der Waals surface area contributed by atoms with Gasteiger partial charge in [0.25, 0.3) is 0 Å². The van der Waals surface area contributed by atoms with Crippen LogP contribution in [0.15, 0.2) is 43.9 Å². The summed E-state index contributed by atoms with van der Waals surface area (Å²) in [5.41, 5.74) is 2.32. The van der Waals surface area contributed by atoms with Gasteiger partial charge < -0.3 is 4.42 Å². The van der Waals surface area contributed by atoms with E-state index in [-0.39, 0.29) is 0 Å². The lowest BCUT2D eigenvalue weighted by Crippen LogP contribution is -1.83. The van der Waals surface area contributed by atoms with E-state index in [0.29, 0.717) is 0 Å². The maximum atomic E-state index is 5.53. The average molecular weight is 330 g/mol. The Kier molecular flexibility index (Phi) is 3.32. The molecule has 0 bridgehead atoms. The Balaban J connectivity index is 2.59. The van der Waals surface area contributed by atoms with Crippen molar-refractivity contribution >= 4 is 31.9 Å². The van der Waals surface area contributed by atoms with Crippen molar-refractivity contribution in [1.29, 1.82) is 0 Å². The third-order valence-corrected chi connectivity index (χ3v) is 4.37. The summed E-state index contributed by atoms with van der Waals surface area (Å²) in [5.74, 6) is 0.950. The summed E-state index contributed by atoms with van der Waals surface area (Å²) in [6, 6.07) is 8.07. The molecule has 0 fully saturated rings. The molecule has 2 rings (SSSR count). The quantitative estimate of drug-likeness (QED) is 0.752. The van der Waals surface area contributed by atoms with Crippen molar-refractivity contribution in [2.45, 2.75) is 13.3 Å². The largest absolute Gasteiger partial charge is 0.464 e. The highest BCUT2D eigenvalue weighted by Gasteiger charge is 2.12. The molecular weight excluding hydrogens is 320 g/mol. The number of benzene rings is 1. The first-order valence-electron chi connectivity index (χ1n) is 4.74. The van der Waals surface area contributed by atoms with E-state index in [1.165, 1.54) is 5.56 Å². The number of halogens is 2. The molecule has 0 spiro atoms. The summed E-state index contributed by atoms with van der Waals surface area (Å²) in [4.78, 5) is 0. The summed E-state index contributed by atoms with van der Waals surface area (Å²) >= 11 is 7.05. The Morgan fingerprint density at radius 3 is 2.73 bits per heavy atom. The fourth-order valence-corrected chi connectivity index (χ4v) is 2.34. The maximum absolute atomic E-state index is 5.53. The van der Waals surface area contributed by atoms with Crippen LogP contribution in [-0.4, -0.2) is 0 Å². The molecule has 1 aromatic heterocycles. The molecule has 0 aliphatic heterocycles. The van der Waals surface area contributed by atoms with Gasteiger partial charge in [-0.2, -0.15) is 0 Å². The molecule has 1 heterocycles. The van der Waals surface area contributed by atoms with Crippen molar-refractivity contribution < 1.29 is 4.42 Å². The van der Waals surface area contributed by atoms with Crippen molar-refractivity contribution in [2.75, 3.05) is 0 Å². The minimum absolute atomic E-state index is 0.950. The molecule has 0 atom stereocenters. The molecule has 0 radical (unpaired) electrons. The molecule has 3 heteroatoms. The summed E-state index contributed by atoms with van der Waals surface area (Å²) < 4.78 is 7.60. The lowest BCUT2D eigenvalue weighted by molar-refractivity contribution is 0.579. The average Bonchev–Trinajstić information content (AvgIpc) is 2.70. The number of hydrogen-bond donors (Lipinski definition) is 0. The molecule has 78 valence electrons. The van der Waals surface area contributed by atoms with E-state index in [1.54, 1.807) is 6.26 Å². The maximum Gasteiger partial charge on any atom is 0.138 e. The standard InChI is InChI=1S/C12H10Br2O/c1-2-8-6-7-15-12(8)9-4-3-5-10(13)11(9)14/h3-7H,2H2,1H3. The minimum atomic E-state index is 0.950. The van der Waals surface area contributed by atoms with Crippen LogP contribution in [0.1, 0.15) is 12.5 Å². The molecule has 0 aliphatic carbocycles. The number of furan rings is 1. The Labute approximate surface area is 106 Å². The second-order valence-corrected chi connectivity index (χ2v) is 4.88. The molecule has 0 N–H and O–H groups in total. The highest BCUT2D eigenvalue weighted by molar-refractivity contribution is 9.13. The summed E-state index contributed by atoms with van der Waals surface area (Å²) in [5, 5.41) is 0. The molecule has 15 heavy (non-hydrogen) atoms. The second kappa shape index (κ2) is 4.54. The third-order valence-electron chi connectivity index (χ3n) is 2.32. The zero-order valence-corrected chi connectivity index (χ0v) is 11.4. The molecule has 1 aromatic carbocycles. The van der Waals surface area contributed by atoms with Gasteiger partial charge in [-0.15, -0.1) is 0 Å². The summed E-state index contributed by atoms with van der Waals surface area (Å²) in [6.45, 7) is 2.13. The monoisotopic (exact) mass is 328 g/mol. The number of rotatable bonds is 2. The van der Waals surface area contributed by atoms with Crippen LogP contribution in [-0.2, 0) is 6.42 Å². The van der Waals surface area contributed by atoms with E-state index in [1.807, 2.05) is 24.3 Å². The van der Waals surface area contributed by atoms with Crippen molar-refractivity contribution in [3.05, 3.63) is 45.0 Å². The van der Waals surface area contributed by atoms with E-state index >= 15 is 0 Å². The van der Waals surface area contributed by atoms with Gasteiger partial charge in [-0.05, 0) is 56.0 Å². The highest BCUT2D eigenvalue weighted by atomic mass is 79.9. The van der Waals surface area contributed by atoms with Gasteiger partial charge in [0.05, 0.1) is 6.26 Å². The number of hydrogen-bond acceptors (Lipinski definition) is 1. The molecule has 0 amide bonds. The lowest BCUT2D eigenvalue weighted by Gasteiger charge is -2.05. The fourth-order valence-electron chi connectivity index (χ4n) is 1.53. The Hall–Kier alpha value is -0.540. The molecule has 0 saturated heterocycles. The van der Waals surface area contributed by atoms with Crippen molar-refractivity contribution in [2.24, 2.45) is 0 Å². The first-order valence-corrected chi connectivity index (χ1v) is 6.33. The molecule has 0 aliphatic rings. The minimum Gasteiger partial charge on any atom is -0.464 e. The van der Waals surface area contributed by atoms with Crippen LogP contribution in [0, 0.1) is 0 Å². The predicted molar refractivity (Wildman–Crippen MR) is 68.9 cm³/mol. The molecule has 0 saturated carbocycles. The van der Waals surface area contributed by atoms with Crippen LogP contribution in [0.4, 0.5) is 0 Å². The second-order valence-electron chi connectivity index (χ2n) is 3.23. The van der Waals surface area contributed by atoms with E-state index < -0.39 is 0 Å². The molecule has 2 aromatic rings. The van der Waals surface area contributed by atoms with Gasteiger partial charge >= 0.3 is 0 Å². The van der Waals surface area contributed by atoms with Gasteiger partial charge in [-0.25, -0.2) is 0 Å². The van der Waals surface area contributed by atoms with E-state index in [2.05, 4.69) is 38.8 Å². The van der Waals surface area contributed by atoms with Crippen molar-refractivity contribution in [1.82, 2.24) is 0 Å². The van der Waals surface area contributed by atoms with Crippen LogP contribution in [0.3, 0.4) is 0 Å². The summed E-state index contributed by atoms with van der Waals surface area (Å²) in [7, 11) is 0. The predicted octanol–water partition coefficient (Wildman–Crippen LogP) is 5.03. The zero-order chi connectivity index (χ0) is 10.8. The van der Waals surface area contributed by atoms with E-state index in [9.17, 15) is 0 Å². The van der Waals surface area contributed by atoms with Crippen LogP contribution in [0.25, 0.3) is 11.3 Å². The van der Waals surface area contributed by atoms with E-state index in [0.717, 1.165) is 26.7 Å². The summed E-state index contributed by atoms with van der Waals surface area (Å²) in [6.07, 6.45) is 2.71. The van der Waals surface area contributed by atoms with Gasteiger partial charge in [0.2, 0.25) is 0 Å². The molecular formula is C12H10Br2O. The van der Waals surface area contributed by atoms with E-state index in [4.69, 9.17) is 4.42 Å². The molecule has 1 nitrogen and oxygen atoms in total. The van der Waals surface area contributed by atoms with Crippen LogP contribution >= 0.6 is 31.9 Å². The Bertz CT molecular complexity index is 474. The highest BCUT2D eigenvalue weighted by Crippen LogP contribution is 2.36. The zero-order valence-electron chi connectivity index (χ0n) is 8.26. The van der Waals surface area contributed by atoms with Crippen LogP contribution < -0.4 is 0 Å². The van der Waals surface area contributed by atoms with Gasteiger partial charge in [-0.3, -0.25) is 0 Å². The normalized spacial score (nSPS) is 10.6. The Morgan fingerprint density at radius 2 is 2.00 bits per heavy atom. The fraction of sp³-hybridized carbons (Fsp3) is 0.167. The first kappa shape index (κ1) is 11.0. The topological polar surface area (TPSA) is 13.1 Å². The van der Waals surface area contributed by atoms with Crippen molar-refractivity contribution in [3.8, 4) is 11.3 Å². The first-order chi connectivity index (χ1) is 7.24. The SMILES string of the molecule is CCc1ccoc1-c1cccc(Br)c1Br. The van der Waals surface area contributed by atoms with Crippen molar-refractivity contribution in [3.63, 3.8) is 0 Å². The van der Waals surface area contributed by atoms with Gasteiger partial charge in [0, 0.05) is 14.5 Å². The Morgan fingerprint density at radius 1 is 1.20 bits per heavy atom. The lowest BCUT2D eigenvalue weighted by atomic mass is 10.1. The third kappa shape index (κ3) is 2.04. The smallest absolute Gasteiger partial charge is 0.138 e. The molecule has 0 unspecified atom stereocenters. The van der Waals surface area contributed by atoms with Gasteiger partial charge in [0.1, 0.15) is 5.76 Å². The van der Waals surface area contributed by atoms with Gasteiger partial charge in [0.15, 0.2) is 0 Å². The van der Waals surface area contributed by atoms with Gasteiger partial charge in [-0.1, -0.05) is 19.1 Å². The van der Waals surface area contributed by atoms with Crippen LogP contribution in [0.2, 0.25) is 0 Å².